The van der Waals surface area contributed by atoms with Crippen LogP contribution in [0.2, 0.25) is 0 Å². The van der Waals surface area contributed by atoms with Crippen molar-refractivity contribution >= 4 is 32.6 Å². The fraction of sp³-hybridized carbons (Fsp3) is 0.0508. The Morgan fingerprint density at radius 3 is 1.87 bits per heavy atom. The van der Waals surface area contributed by atoms with Gasteiger partial charge in [-0.2, -0.15) is 0 Å². The third-order valence-electron chi connectivity index (χ3n) is 13.2. The number of hydrogen-bond acceptors (Lipinski definition) is 3. The lowest BCUT2D eigenvalue weighted by atomic mass is 9.89. The predicted molar refractivity (Wildman–Crippen MR) is 258 cm³/mol. The van der Waals surface area contributed by atoms with Crippen LogP contribution >= 0.6 is 0 Å². The Labute approximate surface area is 365 Å². The molecular weight excluding hydrogens is 767 g/mol. The molecule has 3 heterocycles. The molecule has 1 atom stereocenters. The number of ether oxygens (including phenoxy) is 1. The topological polar surface area (TPSA) is 39.9 Å². The number of fused-ring (bicyclic) bond motifs is 9. The highest BCUT2D eigenvalue weighted by Gasteiger charge is 2.28. The third-order valence-corrected chi connectivity index (χ3v) is 13.2. The molecule has 296 valence electrons. The SMILES string of the molecule is c1ccc(-c2cc(-c3ccccc3)nc(C3CCc4ccc(-c5ccc6c(c5)Oc5cc7c(c8cccc-6c58)c5ccccc5n7-c5ccccc5)cc4-c4ccccc43)n2)cc1. The van der Waals surface area contributed by atoms with Crippen molar-refractivity contribution in [3.8, 4) is 73.1 Å². The molecule has 0 spiro atoms. The van der Waals surface area contributed by atoms with Crippen LogP contribution in [0.25, 0.3) is 94.2 Å². The number of aromatic nitrogens is 3. The molecule has 2 aliphatic rings. The third kappa shape index (κ3) is 5.76. The monoisotopic (exact) mass is 805 g/mol. The van der Waals surface area contributed by atoms with Crippen molar-refractivity contribution in [2.45, 2.75) is 18.8 Å². The molecule has 4 heteroatoms. The molecule has 13 rings (SSSR count). The van der Waals surface area contributed by atoms with Crippen molar-refractivity contribution < 1.29 is 4.74 Å². The molecule has 0 fully saturated rings. The summed E-state index contributed by atoms with van der Waals surface area (Å²) >= 11 is 0. The van der Waals surface area contributed by atoms with Gasteiger partial charge in [0.25, 0.3) is 0 Å². The molecular formula is C59H39N3O. The first-order chi connectivity index (χ1) is 31.2. The molecule has 0 radical (unpaired) electrons. The van der Waals surface area contributed by atoms with Gasteiger partial charge in [0.15, 0.2) is 0 Å². The van der Waals surface area contributed by atoms with Crippen LogP contribution in [0, 0.1) is 0 Å². The standard InChI is InChI=1S/C59H39N3O/c1-4-15-38(16-5-1)51-35-52(39-17-6-2-7-18-39)61-59(60-51)47-32-29-37-27-28-40(33-50(37)44-22-11-10-21-43(44)47)41-30-31-45-46-24-14-25-49-57-48-23-12-13-26-53(48)62(42-19-8-3-9-20-42)54(57)36-56(58(46)49)63-55(45)34-41/h1-28,30-31,33-36,47H,29,32H2. The smallest absolute Gasteiger partial charge is 0.138 e. The van der Waals surface area contributed by atoms with Crippen molar-refractivity contribution in [1.29, 1.82) is 0 Å². The van der Waals surface area contributed by atoms with Crippen molar-refractivity contribution in [2.75, 3.05) is 0 Å². The van der Waals surface area contributed by atoms with Gasteiger partial charge in [0, 0.05) is 50.5 Å². The Bertz CT molecular complexity index is 3540. The molecule has 0 bridgehead atoms. The maximum atomic E-state index is 7.01. The van der Waals surface area contributed by atoms with Gasteiger partial charge in [0.1, 0.15) is 17.3 Å². The van der Waals surface area contributed by atoms with Crippen LogP contribution in [0.15, 0.2) is 206 Å². The van der Waals surface area contributed by atoms with E-state index in [0.29, 0.717) is 0 Å². The van der Waals surface area contributed by atoms with Gasteiger partial charge in [-0.05, 0) is 99.6 Å². The minimum atomic E-state index is 0.0233. The number of rotatable bonds is 5. The van der Waals surface area contributed by atoms with Gasteiger partial charge in [0.05, 0.1) is 22.4 Å². The Morgan fingerprint density at radius 1 is 0.429 bits per heavy atom. The summed E-state index contributed by atoms with van der Waals surface area (Å²) in [7, 11) is 0. The highest BCUT2D eigenvalue weighted by Crippen LogP contribution is 2.52. The zero-order valence-corrected chi connectivity index (χ0v) is 34.4. The molecule has 63 heavy (non-hydrogen) atoms. The zero-order chi connectivity index (χ0) is 41.4. The Morgan fingerprint density at radius 2 is 1.08 bits per heavy atom. The molecule has 0 N–H and O–H groups in total. The number of hydrogen-bond donors (Lipinski definition) is 0. The molecule has 1 unspecified atom stereocenters. The lowest BCUT2D eigenvalue weighted by Gasteiger charge is -2.23. The largest absolute Gasteiger partial charge is 0.456 e. The van der Waals surface area contributed by atoms with E-state index in [4.69, 9.17) is 14.7 Å². The summed E-state index contributed by atoms with van der Waals surface area (Å²) in [6.45, 7) is 0. The molecule has 0 saturated carbocycles. The van der Waals surface area contributed by atoms with Crippen LogP contribution in [-0.4, -0.2) is 14.5 Å². The fourth-order valence-corrected chi connectivity index (χ4v) is 10.3. The predicted octanol–water partition coefficient (Wildman–Crippen LogP) is 15.2. The molecule has 11 aromatic rings. The minimum Gasteiger partial charge on any atom is -0.456 e. The lowest BCUT2D eigenvalue weighted by Crippen LogP contribution is -2.09. The highest BCUT2D eigenvalue weighted by atomic mass is 16.5. The number of benzene rings is 9. The maximum Gasteiger partial charge on any atom is 0.138 e. The summed E-state index contributed by atoms with van der Waals surface area (Å²) in [6.07, 6.45) is 1.82. The van der Waals surface area contributed by atoms with Gasteiger partial charge in [-0.1, -0.05) is 158 Å². The summed E-state index contributed by atoms with van der Waals surface area (Å²) < 4.78 is 9.38. The van der Waals surface area contributed by atoms with Crippen LogP contribution in [-0.2, 0) is 6.42 Å². The van der Waals surface area contributed by atoms with Gasteiger partial charge in [-0.25, -0.2) is 9.97 Å². The summed E-state index contributed by atoms with van der Waals surface area (Å²) in [5.74, 6) is 2.64. The van der Waals surface area contributed by atoms with Crippen molar-refractivity contribution in [3.05, 3.63) is 223 Å². The van der Waals surface area contributed by atoms with Crippen LogP contribution < -0.4 is 4.74 Å². The van der Waals surface area contributed by atoms with Crippen LogP contribution in [0.5, 0.6) is 11.5 Å². The second-order valence-electron chi connectivity index (χ2n) is 16.8. The molecule has 0 amide bonds. The van der Waals surface area contributed by atoms with E-state index >= 15 is 0 Å². The number of nitrogens with zero attached hydrogens (tertiary/aromatic N) is 3. The summed E-state index contributed by atoms with van der Waals surface area (Å²) in [6, 6.07) is 74.0. The number of para-hydroxylation sites is 2. The molecule has 1 aliphatic carbocycles. The van der Waals surface area contributed by atoms with Crippen LogP contribution in [0.4, 0.5) is 0 Å². The van der Waals surface area contributed by atoms with E-state index in [0.717, 1.165) is 86.0 Å². The van der Waals surface area contributed by atoms with E-state index in [-0.39, 0.29) is 5.92 Å². The summed E-state index contributed by atoms with van der Waals surface area (Å²) in [4.78, 5) is 10.6. The van der Waals surface area contributed by atoms with E-state index in [1.165, 1.54) is 49.5 Å². The Hall–Kier alpha value is -8.08. The number of aryl methyl sites for hydroxylation is 1. The van der Waals surface area contributed by atoms with E-state index in [2.05, 4.69) is 211 Å². The second-order valence-corrected chi connectivity index (χ2v) is 16.8. The average molecular weight is 806 g/mol. The Balaban J connectivity index is 0.912. The van der Waals surface area contributed by atoms with Gasteiger partial charge in [-0.3, -0.25) is 0 Å². The van der Waals surface area contributed by atoms with Crippen molar-refractivity contribution in [3.63, 3.8) is 0 Å². The minimum absolute atomic E-state index is 0.0233. The Kier molecular flexibility index (Phi) is 8.07. The van der Waals surface area contributed by atoms with Crippen LogP contribution in [0.1, 0.15) is 29.3 Å². The van der Waals surface area contributed by atoms with Gasteiger partial charge in [0.2, 0.25) is 0 Å². The molecule has 4 nitrogen and oxygen atoms in total. The van der Waals surface area contributed by atoms with E-state index in [9.17, 15) is 0 Å². The first-order valence-corrected chi connectivity index (χ1v) is 21.8. The van der Waals surface area contributed by atoms with Crippen molar-refractivity contribution in [2.24, 2.45) is 0 Å². The lowest BCUT2D eigenvalue weighted by molar-refractivity contribution is 0.488. The highest BCUT2D eigenvalue weighted by molar-refractivity contribution is 6.25. The maximum absolute atomic E-state index is 7.01. The van der Waals surface area contributed by atoms with Gasteiger partial charge in [-0.15, -0.1) is 0 Å². The van der Waals surface area contributed by atoms with Gasteiger partial charge >= 0.3 is 0 Å². The first-order valence-electron chi connectivity index (χ1n) is 21.8. The fourth-order valence-electron chi connectivity index (χ4n) is 10.3. The molecule has 9 aromatic carbocycles. The van der Waals surface area contributed by atoms with E-state index in [1.807, 2.05) is 0 Å². The van der Waals surface area contributed by atoms with E-state index in [1.54, 1.807) is 0 Å². The quantitative estimate of drug-likeness (QED) is 0.174. The molecule has 1 aliphatic heterocycles. The first kappa shape index (κ1) is 35.7. The van der Waals surface area contributed by atoms with E-state index < -0.39 is 0 Å². The average Bonchev–Trinajstić information content (AvgIpc) is 3.59. The van der Waals surface area contributed by atoms with Gasteiger partial charge < -0.3 is 9.30 Å². The van der Waals surface area contributed by atoms with Crippen molar-refractivity contribution in [1.82, 2.24) is 14.5 Å². The summed E-state index contributed by atoms with van der Waals surface area (Å²) in [5.41, 5.74) is 17.2. The second kappa shape index (κ2) is 14.3. The molecule has 2 aromatic heterocycles. The summed E-state index contributed by atoms with van der Waals surface area (Å²) in [5, 5.41) is 4.85. The molecule has 0 saturated heterocycles. The van der Waals surface area contributed by atoms with Crippen LogP contribution in [0.3, 0.4) is 0 Å². The zero-order valence-electron chi connectivity index (χ0n) is 34.4. The normalized spacial score (nSPS) is 13.9.